The van der Waals surface area contributed by atoms with Gasteiger partial charge in [0.1, 0.15) is 17.5 Å². The predicted octanol–water partition coefficient (Wildman–Crippen LogP) is -0.218. The average molecular weight is 271 g/mol. The number of amides is 1. The molecule has 1 amide bonds. The van der Waals surface area contributed by atoms with E-state index >= 15 is 0 Å². The summed E-state index contributed by atoms with van der Waals surface area (Å²) in [6.45, 7) is 1.25. The van der Waals surface area contributed by atoms with E-state index in [1.165, 1.54) is 35.5 Å². The largest absolute Gasteiger partial charge is 0.393 e. The quantitative estimate of drug-likeness (QED) is 0.789. The summed E-state index contributed by atoms with van der Waals surface area (Å²) >= 11 is 1.44. The van der Waals surface area contributed by atoms with Crippen LogP contribution in [0.15, 0.2) is 17.1 Å². The Morgan fingerprint density at radius 3 is 3.11 bits per heavy atom. The molecule has 1 saturated heterocycles. The highest BCUT2D eigenvalue weighted by Gasteiger charge is 2.27. The number of carbonyl (C=O) groups is 1. The standard InChI is InChI=1S/C10H13N3O4S/c1-6(15)11-7-2-3-13(10(16)12-7)8-5-18-9(4-14)17-8/h2-3,8-9,14H,4-5H2,1H3,(H,11,12,15,16)/t8-,9+/m0/s1. The number of ether oxygens (including phenoxy) is 1. The fraction of sp³-hybridized carbons (Fsp3) is 0.500. The lowest BCUT2D eigenvalue weighted by Crippen LogP contribution is -2.29. The molecule has 7 nitrogen and oxygen atoms in total. The molecule has 0 spiro atoms. The maximum Gasteiger partial charge on any atom is 0.351 e. The summed E-state index contributed by atoms with van der Waals surface area (Å²) < 4.78 is 6.79. The van der Waals surface area contributed by atoms with Gasteiger partial charge in [-0.1, -0.05) is 0 Å². The number of nitrogens with one attached hydrogen (secondary N) is 1. The summed E-state index contributed by atoms with van der Waals surface area (Å²) in [6.07, 6.45) is 1.09. The molecule has 0 bridgehead atoms. The SMILES string of the molecule is CC(=O)Nc1ccn([C@@H]2CS[C@H](CO)O2)c(=O)n1. The highest BCUT2D eigenvalue weighted by Crippen LogP contribution is 2.30. The number of anilines is 1. The first-order chi connectivity index (χ1) is 8.60. The zero-order valence-electron chi connectivity index (χ0n) is 9.70. The lowest BCUT2D eigenvalue weighted by atomic mass is 10.5. The maximum atomic E-state index is 11.8. The van der Waals surface area contributed by atoms with E-state index in [0.29, 0.717) is 5.75 Å². The topological polar surface area (TPSA) is 93.5 Å². The molecule has 1 aliphatic heterocycles. The van der Waals surface area contributed by atoms with E-state index in [-0.39, 0.29) is 23.8 Å². The van der Waals surface area contributed by atoms with Crippen molar-refractivity contribution in [3.8, 4) is 0 Å². The molecular formula is C10H13N3O4S. The zero-order chi connectivity index (χ0) is 13.1. The van der Waals surface area contributed by atoms with Crippen molar-refractivity contribution >= 4 is 23.5 Å². The Morgan fingerprint density at radius 1 is 1.78 bits per heavy atom. The Bertz CT molecular complexity index is 504. The summed E-state index contributed by atoms with van der Waals surface area (Å²) in [7, 11) is 0. The van der Waals surface area contributed by atoms with E-state index in [4.69, 9.17) is 9.84 Å². The number of carbonyl (C=O) groups excluding carboxylic acids is 1. The second kappa shape index (κ2) is 5.51. The molecule has 0 unspecified atom stereocenters. The third-order valence-corrected chi connectivity index (χ3v) is 3.44. The molecule has 0 saturated carbocycles. The number of aliphatic hydroxyl groups excluding tert-OH is 1. The van der Waals surface area contributed by atoms with Crippen LogP contribution in [0.5, 0.6) is 0 Å². The van der Waals surface area contributed by atoms with Crippen molar-refractivity contribution < 1.29 is 14.6 Å². The molecule has 2 rings (SSSR count). The molecule has 2 N–H and O–H groups in total. The number of nitrogens with zero attached hydrogens (tertiary/aromatic N) is 2. The Kier molecular flexibility index (Phi) is 4.00. The van der Waals surface area contributed by atoms with Crippen molar-refractivity contribution in [3.05, 3.63) is 22.7 Å². The first kappa shape index (κ1) is 13.1. The minimum atomic E-state index is -0.495. The number of hydrogen-bond acceptors (Lipinski definition) is 6. The average Bonchev–Trinajstić information content (AvgIpc) is 2.76. The van der Waals surface area contributed by atoms with Crippen LogP contribution < -0.4 is 11.0 Å². The first-order valence-electron chi connectivity index (χ1n) is 5.35. The van der Waals surface area contributed by atoms with Gasteiger partial charge < -0.3 is 15.2 Å². The third kappa shape index (κ3) is 2.89. The van der Waals surface area contributed by atoms with Crippen LogP contribution in [0, 0.1) is 0 Å². The van der Waals surface area contributed by atoms with Gasteiger partial charge in [-0.25, -0.2) is 4.79 Å². The summed E-state index contributed by atoms with van der Waals surface area (Å²) in [5.41, 5.74) is -0.803. The van der Waals surface area contributed by atoms with Gasteiger partial charge in [0.05, 0.1) is 6.61 Å². The highest BCUT2D eigenvalue weighted by molar-refractivity contribution is 8.00. The molecule has 0 aliphatic carbocycles. The van der Waals surface area contributed by atoms with Gasteiger partial charge in [0.15, 0.2) is 0 Å². The van der Waals surface area contributed by atoms with Crippen molar-refractivity contribution in [2.24, 2.45) is 0 Å². The van der Waals surface area contributed by atoms with Gasteiger partial charge in [0.2, 0.25) is 5.91 Å². The van der Waals surface area contributed by atoms with Gasteiger partial charge >= 0.3 is 5.69 Å². The molecule has 1 aliphatic rings. The fourth-order valence-corrected chi connectivity index (χ4v) is 2.50. The van der Waals surface area contributed by atoms with Crippen LogP contribution >= 0.6 is 11.8 Å². The van der Waals surface area contributed by atoms with E-state index in [2.05, 4.69) is 10.3 Å². The van der Waals surface area contributed by atoms with Crippen LogP contribution in [0.4, 0.5) is 5.82 Å². The number of rotatable bonds is 3. The number of hydrogen-bond donors (Lipinski definition) is 2. The highest BCUT2D eigenvalue weighted by atomic mass is 32.2. The lowest BCUT2D eigenvalue weighted by Gasteiger charge is -2.13. The van der Waals surface area contributed by atoms with E-state index in [1.807, 2.05) is 0 Å². The Balaban J connectivity index is 2.15. The summed E-state index contributed by atoms with van der Waals surface area (Å²) in [5.74, 6) is 0.507. The molecule has 0 aromatic carbocycles. The zero-order valence-corrected chi connectivity index (χ0v) is 10.5. The fourth-order valence-electron chi connectivity index (χ4n) is 1.57. The van der Waals surface area contributed by atoms with Crippen LogP contribution in [0.3, 0.4) is 0 Å². The van der Waals surface area contributed by atoms with Crippen molar-refractivity contribution in [3.63, 3.8) is 0 Å². The van der Waals surface area contributed by atoms with Crippen LogP contribution in [0.2, 0.25) is 0 Å². The van der Waals surface area contributed by atoms with Crippen molar-refractivity contribution in [2.45, 2.75) is 18.6 Å². The number of thioether (sulfide) groups is 1. The second-order valence-corrected chi connectivity index (χ2v) is 4.91. The van der Waals surface area contributed by atoms with Crippen molar-refractivity contribution in [1.82, 2.24) is 9.55 Å². The minimum absolute atomic E-state index is 0.0900. The molecule has 98 valence electrons. The Morgan fingerprint density at radius 2 is 2.56 bits per heavy atom. The second-order valence-electron chi connectivity index (χ2n) is 3.72. The Labute approximate surface area is 107 Å². The van der Waals surface area contributed by atoms with Crippen molar-refractivity contribution in [1.29, 1.82) is 0 Å². The molecule has 2 atom stereocenters. The van der Waals surface area contributed by atoms with Gasteiger partial charge in [0, 0.05) is 18.9 Å². The predicted molar refractivity (Wildman–Crippen MR) is 66.3 cm³/mol. The van der Waals surface area contributed by atoms with E-state index < -0.39 is 11.9 Å². The van der Waals surface area contributed by atoms with Crippen LogP contribution in [-0.4, -0.2) is 38.4 Å². The monoisotopic (exact) mass is 271 g/mol. The van der Waals surface area contributed by atoms with E-state index in [1.54, 1.807) is 0 Å². The molecule has 8 heteroatoms. The summed E-state index contributed by atoms with van der Waals surface area (Å²) in [4.78, 5) is 26.3. The van der Waals surface area contributed by atoms with Crippen LogP contribution in [0.25, 0.3) is 0 Å². The normalized spacial score (nSPS) is 23.0. The smallest absolute Gasteiger partial charge is 0.351 e. The number of aromatic nitrogens is 2. The molecule has 1 aromatic rings. The van der Waals surface area contributed by atoms with E-state index in [0.717, 1.165) is 0 Å². The third-order valence-electron chi connectivity index (χ3n) is 2.33. The van der Waals surface area contributed by atoms with Gasteiger partial charge in [-0.15, -0.1) is 11.8 Å². The van der Waals surface area contributed by atoms with Gasteiger partial charge in [-0.3, -0.25) is 9.36 Å². The first-order valence-corrected chi connectivity index (χ1v) is 6.39. The van der Waals surface area contributed by atoms with Gasteiger partial charge in [-0.2, -0.15) is 4.98 Å². The molecule has 0 radical (unpaired) electrons. The van der Waals surface area contributed by atoms with Crippen LogP contribution in [0.1, 0.15) is 13.2 Å². The lowest BCUT2D eigenvalue weighted by molar-refractivity contribution is -0.114. The van der Waals surface area contributed by atoms with Gasteiger partial charge in [0.25, 0.3) is 0 Å². The molecule has 18 heavy (non-hydrogen) atoms. The molecule has 2 heterocycles. The Hall–Kier alpha value is -1.38. The minimum Gasteiger partial charge on any atom is -0.393 e. The van der Waals surface area contributed by atoms with Gasteiger partial charge in [-0.05, 0) is 6.07 Å². The summed E-state index contributed by atoms with van der Waals surface area (Å²) in [5, 5.41) is 11.4. The molecular weight excluding hydrogens is 258 g/mol. The van der Waals surface area contributed by atoms with Crippen molar-refractivity contribution in [2.75, 3.05) is 17.7 Å². The van der Waals surface area contributed by atoms with E-state index in [9.17, 15) is 9.59 Å². The molecule has 1 fully saturated rings. The van der Waals surface area contributed by atoms with Crippen LogP contribution in [-0.2, 0) is 9.53 Å². The summed E-state index contributed by atoms with van der Waals surface area (Å²) in [6, 6.07) is 1.53. The number of aliphatic hydroxyl groups is 1. The maximum absolute atomic E-state index is 11.8. The molecule has 1 aromatic heterocycles.